The lowest BCUT2D eigenvalue weighted by Gasteiger charge is -2.26. The summed E-state index contributed by atoms with van der Waals surface area (Å²) in [5.74, 6) is -16.4. The van der Waals surface area contributed by atoms with Crippen LogP contribution in [0.1, 0.15) is 88.8 Å². The largest absolute Gasteiger partial charge is 0.497 e. The summed E-state index contributed by atoms with van der Waals surface area (Å²) in [6.07, 6.45) is 0. The first-order chi connectivity index (χ1) is 25.4. The minimum atomic E-state index is -5.78. The molecule has 0 N–H and O–H groups in total. The van der Waals surface area contributed by atoms with Crippen LogP contribution in [0.3, 0.4) is 0 Å². The van der Waals surface area contributed by atoms with Crippen LogP contribution in [0.2, 0.25) is 0 Å². The molecule has 7 rings (SSSR count). The number of furan rings is 1. The van der Waals surface area contributed by atoms with Gasteiger partial charge in [-0.2, -0.15) is 26.3 Å². The van der Waals surface area contributed by atoms with E-state index in [1.165, 1.54) is 54.0 Å². The molecule has 0 saturated carbocycles. The zero-order valence-corrected chi connectivity index (χ0v) is 34.7. The highest BCUT2D eigenvalue weighted by Crippen LogP contribution is 2.68. The highest BCUT2D eigenvalue weighted by Gasteiger charge is 2.81. The van der Waals surface area contributed by atoms with Gasteiger partial charge in [0.1, 0.15) is 17.1 Å². The maximum atomic E-state index is 16.8. The predicted molar refractivity (Wildman–Crippen MR) is 217 cm³/mol. The average Bonchev–Trinajstić information content (AvgIpc) is 3.91. The number of fused-ring (bicyclic) bond motifs is 1. The van der Waals surface area contributed by atoms with Crippen molar-refractivity contribution in [2.24, 2.45) is 0 Å². The zero-order valence-electron chi connectivity index (χ0n) is 32.2. The molecular formula is C44H42F6O2S3. The molecule has 0 aliphatic heterocycles. The molecule has 0 spiro atoms. The van der Waals surface area contributed by atoms with Gasteiger partial charge in [0.15, 0.2) is 0 Å². The van der Waals surface area contributed by atoms with E-state index < -0.39 is 34.5 Å². The van der Waals surface area contributed by atoms with Crippen molar-refractivity contribution in [2.75, 3.05) is 7.11 Å². The summed E-state index contributed by atoms with van der Waals surface area (Å²) in [5.41, 5.74) is -3.33. The van der Waals surface area contributed by atoms with E-state index in [1.54, 1.807) is 30.3 Å². The lowest BCUT2D eigenvalue weighted by atomic mass is 9.86. The molecule has 0 atom stereocenters. The summed E-state index contributed by atoms with van der Waals surface area (Å²) in [5, 5.41) is -0.0499. The topological polar surface area (TPSA) is 22.4 Å². The van der Waals surface area contributed by atoms with Gasteiger partial charge in [0.2, 0.25) is 0 Å². The first-order valence-electron chi connectivity index (χ1n) is 17.8. The quantitative estimate of drug-likeness (QED) is 0.156. The Hall–Kier alpha value is -3.80. The van der Waals surface area contributed by atoms with Crippen molar-refractivity contribution in [3.63, 3.8) is 0 Å². The van der Waals surface area contributed by atoms with Crippen LogP contribution in [0.25, 0.3) is 52.9 Å². The van der Waals surface area contributed by atoms with Crippen LogP contribution in [-0.2, 0) is 16.2 Å². The number of halogens is 6. The van der Waals surface area contributed by atoms with E-state index in [1.807, 2.05) is 80.5 Å². The maximum absolute atomic E-state index is 16.8. The first kappa shape index (κ1) is 39.4. The lowest BCUT2D eigenvalue weighted by Crippen LogP contribution is -2.48. The molecule has 11 heteroatoms. The zero-order chi connectivity index (χ0) is 40.3. The Bertz CT molecular complexity index is 2450. The van der Waals surface area contributed by atoms with E-state index in [0.717, 1.165) is 31.5 Å². The smallest absolute Gasteiger partial charge is 0.380 e. The number of benzene rings is 2. The number of ether oxygens (including phenoxy) is 1. The molecule has 0 amide bonds. The molecule has 2 aromatic carbocycles. The fourth-order valence-electron chi connectivity index (χ4n) is 6.81. The first-order valence-corrected chi connectivity index (χ1v) is 20.3. The van der Waals surface area contributed by atoms with Gasteiger partial charge in [-0.3, -0.25) is 0 Å². The van der Waals surface area contributed by atoms with Gasteiger partial charge in [-0.25, -0.2) is 0 Å². The fourth-order valence-corrected chi connectivity index (χ4v) is 10.3. The van der Waals surface area contributed by atoms with Crippen LogP contribution in [0.5, 0.6) is 5.75 Å². The van der Waals surface area contributed by atoms with Crippen molar-refractivity contribution in [1.29, 1.82) is 0 Å². The predicted octanol–water partition coefficient (Wildman–Crippen LogP) is 15.3. The highest BCUT2D eigenvalue weighted by molar-refractivity contribution is 7.26. The summed E-state index contributed by atoms with van der Waals surface area (Å²) in [4.78, 5) is 3.90. The van der Waals surface area contributed by atoms with Gasteiger partial charge in [0, 0.05) is 57.6 Å². The Morgan fingerprint density at radius 1 is 0.582 bits per heavy atom. The molecule has 6 aromatic rings. The van der Waals surface area contributed by atoms with Gasteiger partial charge >= 0.3 is 17.8 Å². The van der Waals surface area contributed by atoms with Gasteiger partial charge < -0.3 is 9.15 Å². The molecule has 4 heterocycles. The van der Waals surface area contributed by atoms with Crippen molar-refractivity contribution >= 4 is 56.1 Å². The summed E-state index contributed by atoms with van der Waals surface area (Å²) in [6, 6.07) is 20.0. The summed E-state index contributed by atoms with van der Waals surface area (Å²) in [7, 11) is 1.37. The van der Waals surface area contributed by atoms with Gasteiger partial charge in [-0.15, -0.1) is 34.0 Å². The monoisotopic (exact) mass is 812 g/mol. The van der Waals surface area contributed by atoms with E-state index in [-0.39, 0.29) is 54.7 Å². The van der Waals surface area contributed by atoms with Gasteiger partial charge in [0.25, 0.3) is 0 Å². The second kappa shape index (κ2) is 12.9. The lowest BCUT2D eigenvalue weighted by molar-refractivity contribution is -0.254. The standard InChI is InChI=1S/C44H42F6O2S3/c1-39(2,3)24-13-11-23(12-14-24)37-34(26-21-25(51-10)15-16-28(26)52-37)36-35(42(45,46)44(49,50)43(36,47)48)27-22-31(29-17-19-32(53-29)40(4,5)6)55-38(27)30-18-20-33(54-30)41(7,8)9/h11-22H,1-10H3. The van der Waals surface area contributed by atoms with E-state index >= 15 is 26.3 Å². The second-order valence-corrected chi connectivity index (χ2v) is 20.4. The van der Waals surface area contributed by atoms with Crippen molar-refractivity contribution < 1.29 is 35.5 Å². The molecule has 290 valence electrons. The Labute approximate surface area is 329 Å². The maximum Gasteiger partial charge on any atom is 0.380 e. The third-order valence-electron chi connectivity index (χ3n) is 9.98. The summed E-state index contributed by atoms with van der Waals surface area (Å²) in [6.45, 7) is 18.2. The summed E-state index contributed by atoms with van der Waals surface area (Å²) < 4.78 is 111. The summed E-state index contributed by atoms with van der Waals surface area (Å²) >= 11 is 3.92. The molecule has 0 unspecified atom stereocenters. The third-order valence-corrected chi connectivity index (χ3v) is 14.5. The van der Waals surface area contributed by atoms with E-state index in [9.17, 15) is 0 Å². The molecule has 0 fully saturated rings. The molecule has 4 aromatic heterocycles. The Morgan fingerprint density at radius 2 is 1.15 bits per heavy atom. The van der Waals surface area contributed by atoms with Gasteiger partial charge in [-0.05, 0) is 70.3 Å². The molecule has 2 nitrogen and oxygen atoms in total. The molecule has 1 aliphatic carbocycles. The number of allylic oxidation sites excluding steroid dienone is 2. The van der Waals surface area contributed by atoms with Crippen LogP contribution in [0.4, 0.5) is 26.3 Å². The number of alkyl halides is 6. The Morgan fingerprint density at radius 3 is 1.69 bits per heavy atom. The minimum absolute atomic E-state index is 0.0499. The van der Waals surface area contributed by atoms with Crippen LogP contribution in [-0.4, -0.2) is 24.9 Å². The normalized spacial score (nSPS) is 17.1. The van der Waals surface area contributed by atoms with Gasteiger partial charge in [-0.1, -0.05) is 86.6 Å². The van der Waals surface area contributed by atoms with Crippen molar-refractivity contribution in [3.05, 3.63) is 99.2 Å². The van der Waals surface area contributed by atoms with E-state index in [0.29, 0.717) is 9.75 Å². The Balaban J connectivity index is 1.61. The van der Waals surface area contributed by atoms with E-state index in [4.69, 9.17) is 9.15 Å². The minimum Gasteiger partial charge on any atom is -0.497 e. The second-order valence-electron chi connectivity index (χ2n) is 17.2. The molecule has 0 bridgehead atoms. The van der Waals surface area contributed by atoms with Crippen LogP contribution < -0.4 is 4.74 Å². The SMILES string of the molecule is COc1ccc2oc(-c3ccc(C(C)(C)C)cc3)c(C3=C(c4cc(-c5ccc(C(C)(C)C)s5)sc4-c4ccc(C(C)(C)C)s4)C(F)(F)C(F)(F)C3(F)F)c2c1. The number of methoxy groups -OCH3 is 1. The third kappa shape index (κ3) is 6.38. The molecule has 1 aliphatic rings. The van der Waals surface area contributed by atoms with Crippen LogP contribution in [0.15, 0.2) is 77.2 Å². The highest BCUT2D eigenvalue weighted by atomic mass is 32.1. The van der Waals surface area contributed by atoms with Crippen LogP contribution in [0, 0.1) is 0 Å². The number of hydrogen-bond acceptors (Lipinski definition) is 5. The number of rotatable bonds is 6. The molecule has 55 heavy (non-hydrogen) atoms. The number of hydrogen-bond donors (Lipinski definition) is 0. The molecule has 0 saturated heterocycles. The Kier molecular flexibility index (Phi) is 9.22. The van der Waals surface area contributed by atoms with Crippen molar-refractivity contribution in [2.45, 2.75) is 96.3 Å². The fraction of sp³-hybridized carbons (Fsp3) is 0.364. The van der Waals surface area contributed by atoms with E-state index in [2.05, 4.69) is 0 Å². The van der Waals surface area contributed by atoms with Crippen LogP contribution >= 0.6 is 34.0 Å². The molecular weight excluding hydrogens is 771 g/mol. The van der Waals surface area contributed by atoms with Crippen molar-refractivity contribution in [1.82, 2.24) is 0 Å². The van der Waals surface area contributed by atoms with Gasteiger partial charge in [0.05, 0.1) is 12.0 Å². The average molecular weight is 813 g/mol. The number of thiophene rings is 3. The molecule has 0 radical (unpaired) electrons. The van der Waals surface area contributed by atoms with Crippen molar-refractivity contribution in [3.8, 4) is 36.6 Å².